The average molecular weight is 924 g/mol. The molecule has 0 saturated carbocycles. The zero-order chi connectivity index (χ0) is 36.0. The number of rotatable bonds is 0. The van der Waals surface area contributed by atoms with Gasteiger partial charge in [0.2, 0.25) is 0 Å². The van der Waals surface area contributed by atoms with Crippen molar-refractivity contribution in [3.8, 4) is 0 Å². The smallest absolute Gasteiger partial charge is 0.512 e. The molecule has 0 amide bonds. The fourth-order valence-electron chi connectivity index (χ4n) is 0. The van der Waals surface area contributed by atoms with Gasteiger partial charge in [-0.1, -0.05) is 0 Å². The Morgan fingerprint density at radius 1 is 0.122 bits per heavy atom. The third kappa shape index (κ3) is 1590. The third-order valence-corrected chi connectivity index (χ3v) is 0. The van der Waals surface area contributed by atoms with Crippen LogP contribution in [0.2, 0.25) is 0 Å². The van der Waals surface area contributed by atoms with Crippen LogP contribution in [0.5, 0.6) is 0 Å². The first kappa shape index (κ1) is 260. The summed E-state index contributed by atoms with van der Waals surface area (Å²) in [6.45, 7) is 85.5. The Labute approximate surface area is 341 Å². The largest absolute Gasteiger partial charge is 4.00 e. The van der Waals surface area contributed by atoms with Crippen LogP contribution >= 0.6 is 0 Å². The number of nitrogens with zero attached hydrogens (tertiary/aromatic N) is 18. The predicted molar refractivity (Wildman–Crippen MR) is 89.4 cm³/mol. The van der Waals surface area contributed by atoms with E-state index in [-0.39, 0.29) is 133 Å². The van der Waals surface area contributed by atoms with E-state index in [1.165, 1.54) is 0 Å². The van der Waals surface area contributed by atoms with Gasteiger partial charge < -0.3 is 213 Å². The molecule has 0 aromatic carbocycles. The topological polar surface area (TPSA) is 428 Å². The molecule has 0 aliphatic carbocycles. The molecule has 0 atom stereocenters. The third-order valence-electron chi connectivity index (χ3n) is 0. The van der Waals surface area contributed by atoms with Crippen molar-refractivity contribution in [1.29, 1.82) is 94.7 Å². The summed E-state index contributed by atoms with van der Waals surface area (Å²) in [7, 11) is 0. The maximum absolute atomic E-state index is 6.25. The zero-order valence-corrected chi connectivity index (χ0v) is 28.8. The summed E-state index contributed by atoms with van der Waals surface area (Å²) in [6, 6.07) is 0. The predicted octanol–water partition coefficient (Wildman–Crippen LogP) is 1.73. The normalized spacial score (nSPS) is 0.878. The van der Waals surface area contributed by atoms with Crippen molar-refractivity contribution in [2.75, 3.05) is 0 Å². The van der Waals surface area contributed by atoms with Gasteiger partial charge >= 0.3 is 133 Å². The van der Waals surface area contributed by atoms with Gasteiger partial charge in [-0.15, -0.1) is 0 Å². The van der Waals surface area contributed by atoms with E-state index in [0.717, 1.165) is 0 Å². The van der Waals surface area contributed by atoms with Gasteiger partial charge in [-0.3, -0.25) is 0 Å². The van der Waals surface area contributed by atoms with Crippen LogP contribution in [0.1, 0.15) is 0 Å². The first-order chi connectivity index (χ1) is 18.0. The van der Waals surface area contributed by atoms with E-state index in [2.05, 4.69) is 0 Å². The van der Waals surface area contributed by atoms with Gasteiger partial charge in [0.25, 0.3) is 0 Å². The quantitative estimate of drug-likeness (QED) is 0.246. The molecule has 0 saturated heterocycles. The molecule has 0 aromatic rings. The zero-order valence-electron chi connectivity index (χ0n) is 19.1. The van der Waals surface area contributed by atoms with E-state index in [1.807, 2.05) is 0 Å². The van der Waals surface area contributed by atoms with Crippen molar-refractivity contribution in [3.63, 3.8) is 0 Å². The molecule has 194 valence electrons. The maximum atomic E-state index is 6.25. The molecule has 0 aliphatic heterocycles. The van der Waals surface area contributed by atoms with E-state index < -0.39 is 0 Å². The summed E-state index contributed by atoms with van der Waals surface area (Å²) in [6.07, 6.45) is 0. The van der Waals surface area contributed by atoms with Crippen molar-refractivity contribution in [3.05, 3.63) is 118 Å². The van der Waals surface area contributed by atoms with Crippen LogP contribution in [0.25, 0.3) is 0 Å². The molecule has 0 spiro atoms. The fraction of sp³-hybridized carbons (Fsp3) is 0. The van der Waals surface area contributed by atoms with Crippen molar-refractivity contribution >= 4 is 0 Å². The van der Waals surface area contributed by atoms with Crippen molar-refractivity contribution in [2.24, 2.45) is 0 Å². The van der Waals surface area contributed by atoms with Gasteiger partial charge in [0, 0.05) is 0 Å². The van der Waals surface area contributed by atoms with Gasteiger partial charge in [-0.05, 0) is 0 Å². The summed E-state index contributed by atoms with van der Waals surface area (Å²) in [5.41, 5.74) is 0. The second kappa shape index (κ2) is 1680. The summed E-state index contributed by atoms with van der Waals surface area (Å²) >= 11 is 0. The van der Waals surface area contributed by atoms with Crippen LogP contribution in [-0.4, -0.2) is 0 Å². The van der Waals surface area contributed by atoms with Gasteiger partial charge in [-0.25, -0.2) is 0 Å². The number of hydrogen-bond donors (Lipinski definition) is 0. The van der Waals surface area contributed by atoms with Crippen LogP contribution in [0, 0.1) is 295 Å². The Bertz CT molecular complexity index is 374. The van der Waals surface area contributed by atoms with Crippen LogP contribution < -0.4 is 0 Å². The standard InChI is InChI=1S/18CN.3Fe.2Nd/c18*1-2;;;;;/q18*-1;3*+4;2*+3. The molecule has 0 fully saturated rings. The summed E-state index contributed by atoms with van der Waals surface area (Å²) in [5.74, 6) is 0. The van der Waals surface area contributed by atoms with Gasteiger partial charge in [0.15, 0.2) is 0 Å². The van der Waals surface area contributed by atoms with E-state index in [0.29, 0.717) is 0 Å². The van der Waals surface area contributed by atoms with E-state index in [1.54, 1.807) is 0 Å². The molecule has 2 radical (unpaired) electrons. The van der Waals surface area contributed by atoms with Crippen LogP contribution in [0.3, 0.4) is 0 Å². The Hall–Kier alpha value is -4.92. The molecule has 0 rings (SSSR count). The minimum Gasteiger partial charge on any atom is -0.512 e. The van der Waals surface area contributed by atoms with Crippen molar-refractivity contribution in [2.45, 2.75) is 0 Å². The molecular formula is C18Fe3N18Nd2. The van der Waals surface area contributed by atoms with E-state index in [9.17, 15) is 0 Å². The number of hydrogen-bond acceptors (Lipinski definition) is 18. The second-order valence-corrected chi connectivity index (χ2v) is 0. The Balaban J connectivity index is -0.00000000396. The molecule has 0 aliphatic rings. The van der Waals surface area contributed by atoms with Crippen LogP contribution in [0.4, 0.5) is 0 Å². The SMILES string of the molecule is [C-]#N.[C-]#N.[C-]#N.[C-]#N.[C-]#N.[C-]#N.[C-]#N.[C-]#N.[C-]#N.[C-]#N.[C-]#N.[C-]#N.[C-]#N.[C-]#N.[C-]#N.[C-]#N.[C-]#N.[C-]#N.[Fe+4].[Fe+4].[Fe+4].[Nd+3].[Nd+3]. The molecule has 23 heteroatoms. The molecule has 0 bridgehead atoms. The molecule has 0 N–H and O–H groups in total. The Kier molecular flexibility index (Phi) is 10700. The average Bonchev–Trinajstić information content (AvgIpc) is 3.13. The van der Waals surface area contributed by atoms with Crippen molar-refractivity contribution in [1.82, 2.24) is 0 Å². The molecule has 0 unspecified atom stereocenters. The second-order valence-electron chi connectivity index (χ2n) is 0. The fourth-order valence-corrected chi connectivity index (χ4v) is 0. The maximum Gasteiger partial charge on any atom is 4.00 e. The minimum absolute atomic E-state index is 0. The van der Waals surface area contributed by atoms with Crippen molar-refractivity contribution < 1.29 is 133 Å². The molecular weight excluding hydrogens is 924 g/mol. The Morgan fingerprint density at radius 2 is 0.122 bits per heavy atom. The van der Waals surface area contributed by atoms with Gasteiger partial charge in [0.05, 0.1) is 0 Å². The Morgan fingerprint density at radius 3 is 0.122 bits per heavy atom. The monoisotopic (exact) mass is 920 g/mol. The molecule has 41 heavy (non-hydrogen) atoms. The van der Waals surface area contributed by atoms with E-state index >= 15 is 0 Å². The van der Waals surface area contributed by atoms with Gasteiger partial charge in [-0.2, -0.15) is 0 Å². The summed E-state index contributed by atoms with van der Waals surface area (Å²) in [5, 5.41) is 112. The van der Waals surface area contributed by atoms with Crippen LogP contribution in [-0.2, 0) is 51.2 Å². The molecule has 0 aromatic heterocycles. The first-order valence-electron chi connectivity index (χ1n) is 4.02. The van der Waals surface area contributed by atoms with Crippen LogP contribution in [0.15, 0.2) is 0 Å². The summed E-state index contributed by atoms with van der Waals surface area (Å²) < 4.78 is 0. The molecule has 18 nitrogen and oxygen atoms in total. The first-order valence-corrected chi connectivity index (χ1v) is 4.02. The van der Waals surface area contributed by atoms with E-state index in [4.69, 9.17) is 213 Å². The summed E-state index contributed by atoms with van der Waals surface area (Å²) in [4.78, 5) is 0. The minimum atomic E-state index is 0. The molecule has 0 heterocycles. The van der Waals surface area contributed by atoms with Gasteiger partial charge in [0.1, 0.15) is 0 Å².